The minimum atomic E-state index is -0.729. The summed E-state index contributed by atoms with van der Waals surface area (Å²) < 4.78 is 10.00. The molecule has 0 aromatic heterocycles. The second-order valence-corrected chi connectivity index (χ2v) is 7.39. The Labute approximate surface area is 139 Å². The standard InChI is InChI=1S/C17H31NO5/c1-10(2)12(9-13(19)23-17(5,6)7)15(20)18-14(11(3)4)16(21)22-8/h10-12,14H,9H2,1-8H3,(H,18,20)/t12-,14-/m0/s1. The highest BCUT2D eigenvalue weighted by atomic mass is 16.6. The van der Waals surface area contributed by atoms with Crippen molar-refractivity contribution in [1.29, 1.82) is 0 Å². The topological polar surface area (TPSA) is 81.7 Å². The molecule has 1 N–H and O–H groups in total. The SMILES string of the molecule is COC(=O)[C@@H](NC(=O)[C@@H](CC(=O)OC(C)(C)C)C(C)C)C(C)C. The molecule has 0 radical (unpaired) electrons. The summed E-state index contributed by atoms with van der Waals surface area (Å²) in [5, 5.41) is 2.70. The van der Waals surface area contributed by atoms with Gasteiger partial charge in [-0.3, -0.25) is 9.59 Å². The van der Waals surface area contributed by atoms with E-state index < -0.39 is 29.5 Å². The van der Waals surface area contributed by atoms with Gasteiger partial charge >= 0.3 is 11.9 Å². The van der Waals surface area contributed by atoms with E-state index in [9.17, 15) is 14.4 Å². The number of amides is 1. The Hall–Kier alpha value is -1.59. The summed E-state index contributed by atoms with van der Waals surface area (Å²) in [6.07, 6.45) is -0.0211. The van der Waals surface area contributed by atoms with Gasteiger partial charge in [0.1, 0.15) is 11.6 Å². The number of methoxy groups -OCH3 is 1. The third kappa shape index (κ3) is 8.00. The molecule has 134 valence electrons. The molecule has 0 heterocycles. The van der Waals surface area contributed by atoms with Crippen LogP contribution >= 0.6 is 0 Å². The predicted octanol–water partition coefficient (Wildman–Crippen LogP) is 2.30. The van der Waals surface area contributed by atoms with Crippen LogP contribution in [0.4, 0.5) is 0 Å². The lowest BCUT2D eigenvalue weighted by atomic mass is 9.90. The average molecular weight is 329 g/mol. The maximum atomic E-state index is 12.5. The monoisotopic (exact) mass is 329 g/mol. The van der Waals surface area contributed by atoms with E-state index in [2.05, 4.69) is 5.32 Å². The first-order valence-corrected chi connectivity index (χ1v) is 7.99. The first kappa shape index (κ1) is 21.4. The van der Waals surface area contributed by atoms with E-state index in [0.29, 0.717) is 0 Å². The maximum absolute atomic E-state index is 12.5. The van der Waals surface area contributed by atoms with Crippen LogP contribution in [-0.2, 0) is 23.9 Å². The fourth-order valence-electron chi connectivity index (χ4n) is 2.08. The van der Waals surface area contributed by atoms with E-state index in [1.807, 2.05) is 27.7 Å². The Morgan fingerprint density at radius 3 is 1.87 bits per heavy atom. The fraction of sp³-hybridized carbons (Fsp3) is 0.824. The van der Waals surface area contributed by atoms with E-state index in [-0.39, 0.29) is 24.2 Å². The summed E-state index contributed by atoms with van der Waals surface area (Å²) in [7, 11) is 1.28. The van der Waals surface area contributed by atoms with Crippen LogP contribution < -0.4 is 5.32 Å². The van der Waals surface area contributed by atoms with E-state index >= 15 is 0 Å². The zero-order chi connectivity index (χ0) is 18.4. The molecular formula is C17H31NO5. The van der Waals surface area contributed by atoms with Crippen molar-refractivity contribution >= 4 is 17.8 Å². The zero-order valence-electron chi connectivity index (χ0n) is 15.6. The van der Waals surface area contributed by atoms with Crippen molar-refractivity contribution in [2.45, 2.75) is 66.5 Å². The van der Waals surface area contributed by atoms with Crippen LogP contribution in [0.5, 0.6) is 0 Å². The molecule has 0 rings (SSSR count). The lowest BCUT2D eigenvalue weighted by Gasteiger charge is -2.26. The van der Waals surface area contributed by atoms with E-state index in [1.54, 1.807) is 20.8 Å². The van der Waals surface area contributed by atoms with Crippen molar-refractivity contribution in [3.05, 3.63) is 0 Å². The Morgan fingerprint density at radius 2 is 1.52 bits per heavy atom. The van der Waals surface area contributed by atoms with Crippen LogP contribution in [0.15, 0.2) is 0 Å². The molecule has 0 unspecified atom stereocenters. The second-order valence-electron chi connectivity index (χ2n) is 7.39. The summed E-state index contributed by atoms with van der Waals surface area (Å²) in [5.74, 6) is -1.99. The Balaban J connectivity index is 4.99. The van der Waals surface area contributed by atoms with Gasteiger partial charge in [0.05, 0.1) is 19.4 Å². The molecule has 0 aromatic rings. The van der Waals surface area contributed by atoms with Crippen LogP contribution in [0, 0.1) is 17.8 Å². The molecule has 0 aliphatic heterocycles. The first-order valence-electron chi connectivity index (χ1n) is 7.99. The van der Waals surface area contributed by atoms with Crippen molar-refractivity contribution in [2.24, 2.45) is 17.8 Å². The summed E-state index contributed by atoms with van der Waals surface area (Å²) >= 11 is 0. The van der Waals surface area contributed by atoms with E-state index in [4.69, 9.17) is 9.47 Å². The Bertz CT molecular complexity index is 423. The van der Waals surface area contributed by atoms with Crippen molar-refractivity contribution < 1.29 is 23.9 Å². The molecular weight excluding hydrogens is 298 g/mol. The highest BCUT2D eigenvalue weighted by Gasteiger charge is 2.32. The molecule has 0 aliphatic carbocycles. The van der Waals surface area contributed by atoms with Gasteiger partial charge in [-0.15, -0.1) is 0 Å². The van der Waals surface area contributed by atoms with E-state index in [1.165, 1.54) is 7.11 Å². The van der Waals surface area contributed by atoms with Gasteiger partial charge in [-0.1, -0.05) is 27.7 Å². The lowest BCUT2D eigenvalue weighted by Crippen LogP contribution is -2.48. The van der Waals surface area contributed by atoms with Gasteiger partial charge in [0.25, 0.3) is 0 Å². The van der Waals surface area contributed by atoms with Gasteiger partial charge < -0.3 is 14.8 Å². The average Bonchev–Trinajstić information content (AvgIpc) is 2.38. The van der Waals surface area contributed by atoms with Gasteiger partial charge in [-0.25, -0.2) is 4.79 Å². The summed E-state index contributed by atoms with van der Waals surface area (Å²) in [6.45, 7) is 12.7. The normalized spacial score (nSPS) is 14.3. The number of nitrogens with one attached hydrogen (secondary N) is 1. The van der Waals surface area contributed by atoms with Crippen LogP contribution in [0.3, 0.4) is 0 Å². The number of hydrogen-bond acceptors (Lipinski definition) is 5. The fourth-order valence-corrected chi connectivity index (χ4v) is 2.08. The third-order valence-electron chi connectivity index (χ3n) is 3.37. The minimum absolute atomic E-state index is 0.0211. The van der Waals surface area contributed by atoms with Gasteiger partial charge in [0.2, 0.25) is 5.91 Å². The molecule has 1 amide bonds. The Morgan fingerprint density at radius 1 is 1.00 bits per heavy atom. The lowest BCUT2D eigenvalue weighted by molar-refractivity contribution is -0.158. The quantitative estimate of drug-likeness (QED) is 0.725. The molecule has 2 atom stereocenters. The van der Waals surface area contributed by atoms with Crippen LogP contribution in [0.1, 0.15) is 54.9 Å². The molecule has 23 heavy (non-hydrogen) atoms. The number of carbonyl (C=O) groups excluding carboxylic acids is 3. The van der Waals surface area contributed by atoms with Crippen LogP contribution in [-0.4, -0.2) is 36.6 Å². The number of esters is 2. The van der Waals surface area contributed by atoms with Gasteiger partial charge in [0.15, 0.2) is 0 Å². The zero-order valence-corrected chi connectivity index (χ0v) is 15.6. The Kier molecular flexibility index (Phi) is 8.28. The first-order chi connectivity index (χ1) is 10.4. The summed E-state index contributed by atoms with van der Waals surface area (Å²) in [4.78, 5) is 36.3. The van der Waals surface area contributed by atoms with Crippen molar-refractivity contribution in [1.82, 2.24) is 5.32 Å². The predicted molar refractivity (Wildman–Crippen MR) is 87.6 cm³/mol. The molecule has 0 bridgehead atoms. The van der Waals surface area contributed by atoms with Crippen molar-refractivity contribution in [2.75, 3.05) is 7.11 Å². The molecule has 0 spiro atoms. The minimum Gasteiger partial charge on any atom is -0.467 e. The molecule has 6 heteroatoms. The molecule has 0 saturated heterocycles. The van der Waals surface area contributed by atoms with E-state index in [0.717, 1.165) is 0 Å². The number of ether oxygens (including phenoxy) is 2. The van der Waals surface area contributed by atoms with Crippen LogP contribution in [0.25, 0.3) is 0 Å². The summed E-state index contributed by atoms with van der Waals surface area (Å²) in [5.41, 5.74) is -0.596. The maximum Gasteiger partial charge on any atom is 0.328 e. The summed E-state index contributed by atoms with van der Waals surface area (Å²) in [6, 6.07) is -0.729. The molecule has 0 aromatic carbocycles. The van der Waals surface area contributed by atoms with Crippen LogP contribution in [0.2, 0.25) is 0 Å². The molecule has 0 fully saturated rings. The highest BCUT2D eigenvalue weighted by Crippen LogP contribution is 2.19. The molecule has 0 aliphatic rings. The molecule has 0 saturated carbocycles. The number of rotatable bonds is 7. The van der Waals surface area contributed by atoms with Gasteiger partial charge in [-0.2, -0.15) is 0 Å². The number of carbonyl (C=O) groups is 3. The van der Waals surface area contributed by atoms with Crippen molar-refractivity contribution in [3.63, 3.8) is 0 Å². The van der Waals surface area contributed by atoms with Gasteiger partial charge in [0, 0.05) is 0 Å². The smallest absolute Gasteiger partial charge is 0.328 e. The number of hydrogen-bond donors (Lipinski definition) is 1. The van der Waals surface area contributed by atoms with Crippen molar-refractivity contribution in [3.8, 4) is 0 Å². The van der Waals surface area contributed by atoms with Gasteiger partial charge in [-0.05, 0) is 32.6 Å². The largest absolute Gasteiger partial charge is 0.467 e. The highest BCUT2D eigenvalue weighted by molar-refractivity contribution is 5.88. The molecule has 6 nitrogen and oxygen atoms in total. The third-order valence-corrected chi connectivity index (χ3v) is 3.37. The second kappa shape index (κ2) is 8.89.